The normalized spacial score (nSPS) is 22.4. The number of unbranched alkanes of at least 4 members (excludes halogenated alkanes) is 2. The van der Waals surface area contributed by atoms with Gasteiger partial charge in [0.05, 0.1) is 0 Å². The lowest BCUT2D eigenvalue weighted by Crippen LogP contribution is -2.43. The molecule has 22 heavy (non-hydrogen) atoms. The van der Waals surface area contributed by atoms with Crippen molar-refractivity contribution in [1.29, 1.82) is 0 Å². The number of aliphatic hydroxyl groups is 1. The van der Waals surface area contributed by atoms with E-state index in [1.165, 1.54) is 6.92 Å². The fourth-order valence-corrected chi connectivity index (χ4v) is 2.49. The summed E-state index contributed by atoms with van der Waals surface area (Å²) in [5, 5.41) is 21.3. The molecule has 0 bridgehead atoms. The molecule has 1 aliphatic rings. The lowest BCUT2D eigenvalue weighted by molar-refractivity contribution is -0.142. The van der Waals surface area contributed by atoms with Crippen molar-refractivity contribution in [2.45, 2.75) is 52.0 Å². The number of allylic oxidation sites excluding steroid dienone is 5. The summed E-state index contributed by atoms with van der Waals surface area (Å²) in [5.41, 5.74) is -0.495. The van der Waals surface area contributed by atoms with E-state index in [1.54, 1.807) is 12.2 Å². The predicted molar refractivity (Wildman–Crippen MR) is 85.4 cm³/mol. The largest absolute Gasteiger partial charge is 0.508 e. The molecule has 0 spiro atoms. The molecular weight excluding hydrogens is 282 g/mol. The van der Waals surface area contributed by atoms with Crippen LogP contribution >= 0.6 is 0 Å². The SMILES string of the molecule is CCCCC=CC1(CC(NC(C)=O)C(=O)O)C=CC(O)=CC1. The minimum Gasteiger partial charge on any atom is -0.508 e. The molecule has 0 aromatic carbocycles. The van der Waals surface area contributed by atoms with Crippen molar-refractivity contribution in [1.82, 2.24) is 5.32 Å². The maximum atomic E-state index is 11.4. The summed E-state index contributed by atoms with van der Waals surface area (Å²) in [4.78, 5) is 22.6. The molecule has 0 saturated carbocycles. The summed E-state index contributed by atoms with van der Waals surface area (Å²) >= 11 is 0. The Morgan fingerprint density at radius 2 is 2.23 bits per heavy atom. The van der Waals surface area contributed by atoms with E-state index in [9.17, 15) is 19.8 Å². The van der Waals surface area contributed by atoms with E-state index in [-0.39, 0.29) is 18.1 Å². The molecule has 0 aromatic heterocycles. The standard InChI is InChI=1S/C17H25NO4/c1-3-4-5-6-9-17(10-7-14(20)8-11-17)12-15(16(21)22)18-13(2)19/h6-10,15,20H,3-5,11-12H2,1-2H3,(H,18,19)(H,21,22). The molecule has 0 fully saturated rings. The minimum atomic E-state index is -1.05. The molecule has 1 amide bonds. The first-order valence-corrected chi connectivity index (χ1v) is 7.64. The molecule has 1 rings (SSSR count). The van der Waals surface area contributed by atoms with E-state index in [4.69, 9.17) is 0 Å². The fraction of sp³-hybridized carbons (Fsp3) is 0.529. The number of carbonyl (C=O) groups is 2. The number of aliphatic hydroxyl groups excluding tert-OH is 1. The second-order valence-electron chi connectivity index (χ2n) is 5.74. The van der Waals surface area contributed by atoms with Crippen molar-refractivity contribution in [2.75, 3.05) is 0 Å². The molecule has 0 heterocycles. The van der Waals surface area contributed by atoms with Gasteiger partial charge in [-0.15, -0.1) is 0 Å². The average molecular weight is 307 g/mol. The number of aliphatic carboxylic acids is 1. The third-order valence-corrected chi connectivity index (χ3v) is 3.71. The molecule has 2 unspecified atom stereocenters. The molecule has 0 saturated heterocycles. The highest BCUT2D eigenvalue weighted by Gasteiger charge is 2.32. The molecule has 5 nitrogen and oxygen atoms in total. The Kier molecular flexibility index (Phi) is 6.89. The number of nitrogens with one attached hydrogen (secondary N) is 1. The Morgan fingerprint density at radius 1 is 1.50 bits per heavy atom. The van der Waals surface area contributed by atoms with E-state index < -0.39 is 17.4 Å². The Bertz CT molecular complexity index is 493. The first-order chi connectivity index (χ1) is 10.4. The van der Waals surface area contributed by atoms with Crippen LogP contribution in [0.5, 0.6) is 0 Å². The van der Waals surface area contributed by atoms with Gasteiger partial charge < -0.3 is 15.5 Å². The number of hydrogen-bond acceptors (Lipinski definition) is 3. The summed E-state index contributed by atoms with van der Waals surface area (Å²) in [6, 6.07) is -0.952. The average Bonchev–Trinajstić information content (AvgIpc) is 2.45. The predicted octanol–water partition coefficient (Wildman–Crippen LogP) is 3.10. The first-order valence-electron chi connectivity index (χ1n) is 7.64. The Balaban J connectivity index is 2.90. The zero-order chi connectivity index (χ0) is 16.6. The van der Waals surface area contributed by atoms with Crippen molar-refractivity contribution >= 4 is 11.9 Å². The summed E-state index contributed by atoms with van der Waals surface area (Å²) in [6.07, 6.45) is 13.0. The number of amides is 1. The molecule has 0 radical (unpaired) electrons. The van der Waals surface area contributed by atoms with Crippen molar-refractivity contribution in [2.24, 2.45) is 5.41 Å². The van der Waals surface area contributed by atoms with E-state index in [0.717, 1.165) is 19.3 Å². The molecule has 2 atom stereocenters. The lowest BCUT2D eigenvalue weighted by Gasteiger charge is -2.31. The number of rotatable bonds is 8. The molecule has 122 valence electrons. The van der Waals surface area contributed by atoms with Crippen molar-refractivity contribution in [3.63, 3.8) is 0 Å². The van der Waals surface area contributed by atoms with Gasteiger partial charge >= 0.3 is 5.97 Å². The zero-order valence-electron chi connectivity index (χ0n) is 13.2. The van der Waals surface area contributed by atoms with Gasteiger partial charge in [-0.05, 0) is 31.4 Å². The third kappa shape index (κ3) is 5.76. The van der Waals surface area contributed by atoms with Gasteiger partial charge in [0.15, 0.2) is 0 Å². The third-order valence-electron chi connectivity index (χ3n) is 3.71. The van der Waals surface area contributed by atoms with E-state index in [2.05, 4.69) is 18.3 Å². The Morgan fingerprint density at radius 3 is 2.73 bits per heavy atom. The first kappa shape index (κ1) is 18.0. The van der Waals surface area contributed by atoms with Crippen LogP contribution in [0.3, 0.4) is 0 Å². The summed E-state index contributed by atoms with van der Waals surface area (Å²) < 4.78 is 0. The highest BCUT2D eigenvalue weighted by molar-refractivity contribution is 5.82. The molecular formula is C17H25NO4. The van der Waals surface area contributed by atoms with Crippen LogP contribution in [0.15, 0.2) is 36.1 Å². The van der Waals surface area contributed by atoms with Crippen LogP contribution in [0.1, 0.15) is 46.0 Å². The Hall–Kier alpha value is -2.04. The summed E-state index contributed by atoms with van der Waals surface area (Å²) in [7, 11) is 0. The maximum absolute atomic E-state index is 11.4. The van der Waals surface area contributed by atoms with Gasteiger partial charge in [0.2, 0.25) is 5.91 Å². The highest BCUT2D eigenvalue weighted by Crippen LogP contribution is 2.36. The van der Waals surface area contributed by atoms with Crippen molar-refractivity contribution < 1.29 is 19.8 Å². The van der Waals surface area contributed by atoms with Gasteiger partial charge in [-0.25, -0.2) is 4.79 Å². The van der Waals surface area contributed by atoms with Gasteiger partial charge in [0.25, 0.3) is 0 Å². The Labute approximate surface area is 131 Å². The van der Waals surface area contributed by atoms with Crippen LogP contribution in [-0.2, 0) is 9.59 Å². The smallest absolute Gasteiger partial charge is 0.326 e. The van der Waals surface area contributed by atoms with Crippen LogP contribution < -0.4 is 5.32 Å². The number of hydrogen-bond donors (Lipinski definition) is 3. The molecule has 3 N–H and O–H groups in total. The quantitative estimate of drug-likeness (QED) is 0.475. The van der Waals surface area contributed by atoms with Gasteiger partial charge in [0, 0.05) is 12.3 Å². The number of carboxylic acids is 1. The van der Waals surface area contributed by atoms with Gasteiger partial charge in [-0.2, -0.15) is 0 Å². The van der Waals surface area contributed by atoms with Crippen LogP contribution in [0.25, 0.3) is 0 Å². The monoisotopic (exact) mass is 307 g/mol. The topological polar surface area (TPSA) is 86.6 Å². The second kappa shape index (κ2) is 8.41. The lowest BCUT2D eigenvalue weighted by atomic mass is 9.75. The molecule has 0 aliphatic heterocycles. The summed E-state index contributed by atoms with van der Waals surface area (Å²) in [5.74, 6) is -1.23. The number of carbonyl (C=O) groups excluding carboxylic acids is 1. The fourth-order valence-electron chi connectivity index (χ4n) is 2.49. The van der Waals surface area contributed by atoms with Gasteiger partial charge in [-0.3, -0.25) is 4.79 Å². The molecule has 0 aromatic rings. The van der Waals surface area contributed by atoms with E-state index in [0.29, 0.717) is 6.42 Å². The maximum Gasteiger partial charge on any atom is 0.326 e. The highest BCUT2D eigenvalue weighted by atomic mass is 16.4. The molecule has 1 aliphatic carbocycles. The van der Waals surface area contributed by atoms with Gasteiger partial charge in [0.1, 0.15) is 11.8 Å². The van der Waals surface area contributed by atoms with Crippen LogP contribution in [0, 0.1) is 5.41 Å². The van der Waals surface area contributed by atoms with Crippen LogP contribution in [0.2, 0.25) is 0 Å². The second-order valence-corrected chi connectivity index (χ2v) is 5.74. The minimum absolute atomic E-state index is 0.184. The van der Waals surface area contributed by atoms with Crippen LogP contribution in [0.4, 0.5) is 0 Å². The number of carboxylic acid groups (broad SMARTS) is 1. The van der Waals surface area contributed by atoms with E-state index in [1.807, 2.05) is 12.2 Å². The van der Waals surface area contributed by atoms with Crippen molar-refractivity contribution in [3.05, 3.63) is 36.1 Å². The molecule has 5 heteroatoms. The zero-order valence-corrected chi connectivity index (χ0v) is 13.2. The van der Waals surface area contributed by atoms with Gasteiger partial charge in [-0.1, -0.05) is 38.0 Å². The summed E-state index contributed by atoms with van der Waals surface area (Å²) in [6.45, 7) is 3.42. The van der Waals surface area contributed by atoms with Crippen LogP contribution in [-0.4, -0.2) is 28.1 Å². The van der Waals surface area contributed by atoms with Crippen molar-refractivity contribution in [3.8, 4) is 0 Å². The van der Waals surface area contributed by atoms with E-state index >= 15 is 0 Å².